The lowest BCUT2D eigenvalue weighted by Gasteiger charge is -2.06. The molecule has 0 fully saturated rings. The summed E-state index contributed by atoms with van der Waals surface area (Å²) in [4.78, 5) is 36.2. The number of alkyl carbamates (subject to hydrolysis) is 1. The highest BCUT2D eigenvalue weighted by Crippen LogP contribution is 2.27. The van der Waals surface area contributed by atoms with E-state index in [0.29, 0.717) is 20.5 Å². The normalized spacial score (nSPS) is 10.2. The van der Waals surface area contributed by atoms with Gasteiger partial charge in [-0.05, 0) is 37.6 Å². The summed E-state index contributed by atoms with van der Waals surface area (Å²) < 4.78 is 4.73. The minimum atomic E-state index is -0.524. The van der Waals surface area contributed by atoms with Crippen LogP contribution in [0.5, 0.6) is 0 Å². The molecular formula is C18H20ClN3O4S. The van der Waals surface area contributed by atoms with Crippen molar-refractivity contribution in [1.29, 1.82) is 0 Å². The molecule has 27 heavy (non-hydrogen) atoms. The number of halogens is 1. The Balaban J connectivity index is 1.91. The number of anilines is 1. The van der Waals surface area contributed by atoms with Gasteiger partial charge in [-0.2, -0.15) is 0 Å². The highest BCUT2D eigenvalue weighted by atomic mass is 35.5. The minimum absolute atomic E-state index is 0.255. The number of nitrogens with one attached hydrogen (secondary N) is 3. The predicted molar refractivity (Wildman–Crippen MR) is 106 cm³/mol. The standard InChI is InChI=1S/C18H20ClN3O4S/c1-3-26-18(25)21-9-8-20-17(24)15-11(2)10-14(27-15)22-16(23)12-6-4-5-7-13(12)19/h4-7,10H,3,8-9H2,1-2H3,(H,20,24)(H,21,25)(H,22,23). The van der Waals surface area contributed by atoms with Crippen LogP contribution in [0.1, 0.15) is 32.5 Å². The summed E-state index contributed by atoms with van der Waals surface area (Å²) in [6.07, 6.45) is -0.524. The third kappa shape index (κ3) is 5.97. The van der Waals surface area contributed by atoms with E-state index in [1.54, 1.807) is 44.2 Å². The van der Waals surface area contributed by atoms with Gasteiger partial charge in [-0.15, -0.1) is 11.3 Å². The van der Waals surface area contributed by atoms with Crippen molar-refractivity contribution in [2.24, 2.45) is 0 Å². The van der Waals surface area contributed by atoms with E-state index >= 15 is 0 Å². The van der Waals surface area contributed by atoms with Gasteiger partial charge in [0.1, 0.15) is 0 Å². The molecule has 2 aromatic rings. The predicted octanol–water partition coefficient (Wildman–Crippen LogP) is 3.44. The Morgan fingerprint density at radius 3 is 2.52 bits per heavy atom. The smallest absolute Gasteiger partial charge is 0.407 e. The quantitative estimate of drug-likeness (QED) is 0.610. The second-order valence-corrected chi connectivity index (χ2v) is 6.92. The molecule has 0 spiro atoms. The van der Waals surface area contributed by atoms with E-state index in [1.807, 2.05) is 0 Å². The first-order valence-electron chi connectivity index (χ1n) is 8.27. The number of carbonyl (C=O) groups is 3. The summed E-state index contributed by atoms with van der Waals surface area (Å²) in [7, 11) is 0. The van der Waals surface area contributed by atoms with Gasteiger partial charge in [0.25, 0.3) is 11.8 Å². The molecule has 0 bridgehead atoms. The molecule has 0 saturated heterocycles. The molecule has 0 unspecified atom stereocenters. The molecule has 144 valence electrons. The molecule has 9 heteroatoms. The number of thiophene rings is 1. The van der Waals surface area contributed by atoms with E-state index in [1.165, 1.54) is 11.3 Å². The van der Waals surface area contributed by atoms with Gasteiger partial charge >= 0.3 is 6.09 Å². The molecule has 3 amide bonds. The van der Waals surface area contributed by atoms with Crippen molar-refractivity contribution in [2.45, 2.75) is 13.8 Å². The average Bonchev–Trinajstić information content (AvgIpc) is 2.99. The van der Waals surface area contributed by atoms with E-state index in [2.05, 4.69) is 16.0 Å². The van der Waals surface area contributed by atoms with Gasteiger partial charge in [0, 0.05) is 13.1 Å². The highest BCUT2D eigenvalue weighted by Gasteiger charge is 2.16. The van der Waals surface area contributed by atoms with Gasteiger partial charge < -0.3 is 20.7 Å². The molecule has 0 saturated carbocycles. The van der Waals surface area contributed by atoms with Crippen molar-refractivity contribution in [1.82, 2.24) is 10.6 Å². The Hall–Kier alpha value is -2.58. The lowest BCUT2D eigenvalue weighted by atomic mass is 10.2. The summed E-state index contributed by atoms with van der Waals surface area (Å²) in [5.74, 6) is -0.617. The minimum Gasteiger partial charge on any atom is -0.450 e. The van der Waals surface area contributed by atoms with E-state index in [0.717, 1.165) is 5.56 Å². The number of rotatable bonds is 7. The molecular weight excluding hydrogens is 390 g/mol. The van der Waals surface area contributed by atoms with E-state index in [9.17, 15) is 14.4 Å². The monoisotopic (exact) mass is 409 g/mol. The Morgan fingerprint density at radius 2 is 1.81 bits per heavy atom. The summed E-state index contributed by atoms with van der Waals surface area (Å²) in [5.41, 5.74) is 1.10. The first kappa shape index (κ1) is 20.7. The first-order valence-corrected chi connectivity index (χ1v) is 9.47. The zero-order chi connectivity index (χ0) is 19.8. The van der Waals surface area contributed by atoms with Crippen LogP contribution in [-0.4, -0.2) is 37.6 Å². The third-order valence-electron chi connectivity index (χ3n) is 3.43. The summed E-state index contributed by atoms with van der Waals surface area (Å²) in [5, 5.41) is 8.89. The molecule has 0 aliphatic heterocycles. The maximum Gasteiger partial charge on any atom is 0.407 e. The van der Waals surface area contributed by atoms with Crippen LogP contribution in [0.4, 0.5) is 9.80 Å². The second kappa shape index (κ2) is 9.94. The molecule has 0 aliphatic carbocycles. The fourth-order valence-corrected chi connectivity index (χ4v) is 3.40. The Labute approximate surface area is 166 Å². The van der Waals surface area contributed by atoms with Gasteiger partial charge in [0.2, 0.25) is 0 Å². The van der Waals surface area contributed by atoms with Crippen LogP contribution in [0, 0.1) is 6.92 Å². The zero-order valence-electron chi connectivity index (χ0n) is 14.9. The van der Waals surface area contributed by atoms with E-state index in [-0.39, 0.29) is 31.5 Å². The van der Waals surface area contributed by atoms with Crippen molar-refractivity contribution >= 4 is 45.8 Å². The van der Waals surface area contributed by atoms with Crippen molar-refractivity contribution in [3.8, 4) is 0 Å². The van der Waals surface area contributed by atoms with Crippen LogP contribution in [0.2, 0.25) is 5.02 Å². The second-order valence-electron chi connectivity index (χ2n) is 5.46. The van der Waals surface area contributed by atoms with Crippen molar-refractivity contribution in [3.05, 3.63) is 51.4 Å². The molecule has 0 atom stereocenters. The molecule has 7 nitrogen and oxygen atoms in total. The molecule has 3 N–H and O–H groups in total. The number of ether oxygens (including phenoxy) is 1. The maximum atomic E-state index is 12.3. The molecule has 1 aromatic carbocycles. The summed E-state index contributed by atoms with van der Waals surface area (Å²) >= 11 is 7.19. The molecule has 2 rings (SSSR count). The Bertz CT molecular complexity index is 838. The largest absolute Gasteiger partial charge is 0.450 e. The number of hydrogen-bond acceptors (Lipinski definition) is 5. The number of carbonyl (C=O) groups excluding carboxylic acids is 3. The topological polar surface area (TPSA) is 96.5 Å². The first-order chi connectivity index (χ1) is 12.9. The number of hydrogen-bond donors (Lipinski definition) is 3. The van der Waals surface area contributed by atoms with Crippen molar-refractivity contribution < 1.29 is 19.1 Å². The van der Waals surface area contributed by atoms with Crippen LogP contribution >= 0.6 is 22.9 Å². The molecule has 0 radical (unpaired) electrons. The van der Waals surface area contributed by atoms with Crippen molar-refractivity contribution in [3.63, 3.8) is 0 Å². The lowest BCUT2D eigenvalue weighted by Crippen LogP contribution is -2.34. The molecule has 0 aliphatic rings. The zero-order valence-corrected chi connectivity index (χ0v) is 16.5. The maximum absolute atomic E-state index is 12.3. The van der Waals surface area contributed by atoms with Crippen LogP contribution < -0.4 is 16.0 Å². The van der Waals surface area contributed by atoms with Crippen LogP contribution in [0.25, 0.3) is 0 Å². The van der Waals surface area contributed by atoms with Crippen LogP contribution in [0.15, 0.2) is 30.3 Å². The summed E-state index contributed by atoms with van der Waals surface area (Å²) in [6, 6.07) is 8.46. The Morgan fingerprint density at radius 1 is 1.11 bits per heavy atom. The van der Waals surface area contributed by atoms with Gasteiger partial charge in [-0.25, -0.2) is 4.79 Å². The fraction of sp³-hybridized carbons (Fsp3) is 0.278. The van der Waals surface area contributed by atoms with Gasteiger partial charge in [-0.3, -0.25) is 9.59 Å². The fourth-order valence-electron chi connectivity index (χ4n) is 2.20. The van der Waals surface area contributed by atoms with Crippen LogP contribution in [0.3, 0.4) is 0 Å². The van der Waals surface area contributed by atoms with Crippen LogP contribution in [-0.2, 0) is 4.74 Å². The SMILES string of the molecule is CCOC(=O)NCCNC(=O)c1sc(NC(=O)c2ccccc2Cl)cc1C. The van der Waals surface area contributed by atoms with Crippen molar-refractivity contribution in [2.75, 3.05) is 25.0 Å². The number of aryl methyl sites for hydroxylation is 1. The van der Waals surface area contributed by atoms with Gasteiger partial charge in [0.15, 0.2) is 0 Å². The van der Waals surface area contributed by atoms with Gasteiger partial charge in [0.05, 0.1) is 27.1 Å². The van der Waals surface area contributed by atoms with E-state index in [4.69, 9.17) is 16.3 Å². The third-order valence-corrected chi connectivity index (χ3v) is 4.92. The number of amides is 3. The average molecular weight is 410 g/mol. The van der Waals surface area contributed by atoms with E-state index < -0.39 is 6.09 Å². The molecule has 1 aromatic heterocycles. The Kier molecular flexibility index (Phi) is 7.63. The summed E-state index contributed by atoms with van der Waals surface area (Å²) in [6.45, 7) is 4.30. The van der Waals surface area contributed by atoms with Gasteiger partial charge in [-0.1, -0.05) is 23.7 Å². The number of benzene rings is 1. The highest BCUT2D eigenvalue weighted by molar-refractivity contribution is 7.18. The molecule has 1 heterocycles. The lowest BCUT2D eigenvalue weighted by molar-refractivity contribution is 0.0954.